The minimum Gasteiger partial charge on any atom is -0.453 e. The number of esters is 1. The van der Waals surface area contributed by atoms with Crippen LogP contribution in [-0.2, 0) is 25.5 Å². The second kappa shape index (κ2) is 6.05. The molecule has 1 amide bonds. The minimum atomic E-state index is -0.794. The second-order valence-electron chi connectivity index (χ2n) is 4.90. The highest BCUT2D eigenvalue weighted by molar-refractivity contribution is 5.99. The fourth-order valence-electron chi connectivity index (χ4n) is 2.58. The Balaban J connectivity index is 2.25. The van der Waals surface area contributed by atoms with Crippen LogP contribution >= 0.6 is 0 Å². The van der Waals surface area contributed by atoms with Crippen molar-refractivity contribution in [2.75, 3.05) is 18.6 Å². The van der Waals surface area contributed by atoms with Gasteiger partial charge in [-0.1, -0.05) is 18.2 Å². The molecule has 0 unspecified atom stereocenters. The molecular formula is C15H19NO4. The van der Waals surface area contributed by atoms with E-state index in [1.54, 1.807) is 18.9 Å². The third-order valence-corrected chi connectivity index (χ3v) is 3.36. The van der Waals surface area contributed by atoms with Gasteiger partial charge >= 0.3 is 5.97 Å². The number of carbonyl (C=O) groups is 2. The van der Waals surface area contributed by atoms with E-state index in [2.05, 4.69) is 0 Å². The van der Waals surface area contributed by atoms with Gasteiger partial charge in [0, 0.05) is 19.7 Å². The zero-order valence-electron chi connectivity index (χ0n) is 12.0. The van der Waals surface area contributed by atoms with E-state index in [1.165, 1.54) is 6.92 Å². The number of carbonyl (C=O) groups excluding carboxylic acids is 2. The fourth-order valence-corrected chi connectivity index (χ4v) is 2.58. The molecule has 1 aliphatic heterocycles. The average Bonchev–Trinajstić information content (AvgIpc) is 2.75. The van der Waals surface area contributed by atoms with Gasteiger partial charge in [-0.05, 0) is 25.0 Å². The zero-order chi connectivity index (χ0) is 14.7. The van der Waals surface area contributed by atoms with Crippen molar-refractivity contribution in [1.82, 2.24) is 0 Å². The maximum Gasteiger partial charge on any atom is 0.303 e. The molecule has 0 aromatic heterocycles. The quantitative estimate of drug-likeness (QED) is 0.783. The predicted octanol–water partition coefficient (Wildman–Crippen LogP) is 1.54. The van der Waals surface area contributed by atoms with Crippen molar-refractivity contribution in [3.8, 4) is 0 Å². The van der Waals surface area contributed by atoms with Crippen molar-refractivity contribution in [3.63, 3.8) is 0 Å². The number of fused-ring (bicyclic) bond motifs is 1. The smallest absolute Gasteiger partial charge is 0.303 e. The molecule has 2 atom stereocenters. The summed E-state index contributed by atoms with van der Waals surface area (Å²) in [5, 5.41) is 0. The third-order valence-electron chi connectivity index (χ3n) is 3.36. The predicted molar refractivity (Wildman–Crippen MR) is 74.5 cm³/mol. The van der Waals surface area contributed by atoms with Crippen LogP contribution in [0.15, 0.2) is 24.3 Å². The molecule has 1 aliphatic rings. The summed E-state index contributed by atoms with van der Waals surface area (Å²) in [5.74, 6) is -0.672. The molecule has 1 heterocycles. The van der Waals surface area contributed by atoms with Crippen LogP contribution in [-0.4, -0.2) is 37.7 Å². The summed E-state index contributed by atoms with van der Waals surface area (Å²) in [4.78, 5) is 25.2. The van der Waals surface area contributed by atoms with Crippen LogP contribution in [0.2, 0.25) is 0 Å². The summed E-state index contributed by atoms with van der Waals surface area (Å²) in [5.41, 5.74) is 1.98. The van der Waals surface area contributed by atoms with E-state index in [9.17, 15) is 9.59 Å². The van der Waals surface area contributed by atoms with Crippen molar-refractivity contribution < 1.29 is 19.1 Å². The maximum atomic E-state index is 12.5. The Labute approximate surface area is 118 Å². The van der Waals surface area contributed by atoms with Gasteiger partial charge in [-0.15, -0.1) is 0 Å². The van der Waals surface area contributed by atoms with Crippen LogP contribution in [0, 0.1) is 0 Å². The van der Waals surface area contributed by atoms with Gasteiger partial charge in [0.25, 0.3) is 5.91 Å². The first-order chi connectivity index (χ1) is 9.54. The molecule has 0 spiro atoms. The molecule has 0 saturated heterocycles. The molecule has 1 aromatic carbocycles. The topological polar surface area (TPSA) is 55.8 Å². The van der Waals surface area contributed by atoms with Crippen molar-refractivity contribution in [2.24, 2.45) is 0 Å². The number of benzene rings is 1. The fraction of sp³-hybridized carbons (Fsp3) is 0.467. The van der Waals surface area contributed by atoms with Gasteiger partial charge < -0.3 is 14.4 Å². The van der Waals surface area contributed by atoms with Crippen LogP contribution in [0.1, 0.15) is 19.4 Å². The van der Waals surface area contributed by atoms with Crippen LogP contribution in [0.5, 0.6) is 0 Å². The first-order valence-electron chi connectivity index (χ1n) is 6.61. The Morgan fingerprint density at radius 2 is 2.10 bits per heavy atom. The number of para-hydroxylation sites is 1. The lowest BCUT2D eigenvalue weighted by molar-refractivity contribution is -0.151. The normalized spacial score (nSPS) is 18.6. The number of hydrogen-bond donors (Lipinski definition) is 0. The van der Waals surface area contributed by atoms with E-state index in [1.807, 2.05) is 24.3 Å². The lowest BCUT2D eigenvalue weighted by Crippen LogP contribution is -2.46. The van der Waals surface area contributed by atoms with Crippen LogP contribution in [0.4, 0.5) is 5.69 Å². The van der Waals surface area contributed by atoms with Gasteiger partial charge in [0.05, 0.1) is 12.6 Å². The first kappa shape index (κ1) is 14.5. The largest absolute Gasteiger partial charge is 0.453 e. The number of rotatable bonds is 4. The molecule has 5 heteroatoms. The highest BCUT2D eigenvalue weighted by atomic mass is 16.5. The monoisotopic (exact) mass is 277 g/mol. The molecule has 20 heavy (non-hydrogen) atoms. The van der Waals surface area contributed by atoms with Gasteiger partial charge in [0.1, 0.15) is 0 Å². The lowest BCUT2D eigenvalue weighted by Gasteiger charge is -2.27. The SMILES string of the molecule is COC[C@@H]1Cc2ccccc2N1C(=O)[C@H](C)OC(C)=O. The van der Waals surface area contributed by atoms with E-state index in [4.69, 9.17) is 9.47 Å². The summed E-state index contributed by atoms with van der Waals surface area (Å²) in [7, 11) is 1.61. The molecule has 0 fully saturated rings. The zero-order valence-corrected chi connectivity index (χ0v) is 12.0. The maximum absolute atomic E-state index is 12.5. The van der Waals surface area contributed by atoms with Gasteiger partial charge in [0.2, 0.25) is 0 Å². The van der Waals surface area contributed by atoms with E-state index < -0.39 is 12.1 Å². The Bertz CT molecular complexity index is 514. The Morgan fingerprint density at radius 1 is 1.40 bits per heavy atom. The average molecular weight is 277 g/mol. The number of hydrogen-bond acceptors (Lipinski definition) is 4. The van der Waals surface area contributed by atoms with Gasteiger partial charge in [-0.25, -0.2) is 0 Å². The van der Waals surface area contributed by atoms with E-state index in [-0.39, 0.29) is 11.9 Å². The summed E-state index contributed by atoms with van der Waals surface area (Å²) in [6, 6.07) is 7.70. The minimum absolute atomic E-state index is 0.0529. The summed E-state index contributed by atoms with van der Waals surface area (Å²) < 4.78 is 10.2. The van der Waals surface area contributed by atoms with Crippen molar-refractivity contribution in [3.05, 3.63) is 29.8 Å². The lowest BCUT2D eigenvalue weighted by atomic mass is 10.1. The second-order valence-corrected chi connectivity index (χ2v) is 4.90. The Kier molecular flexibility index (Phi) is 4.39. The van der Waals surface area contributed by atoms with Crippen molar-refractivity contribution >= 4 is 17.6 Å². The van der Waals surface area contributed by atoms with E-state index >= 15 is 0 Å². The molecule has 0 radical (unpaired) electrons. The van der Waals surface area contributed by atoms with Gasteiger partial charge in [0.15, 0.2) is 6.10 Å². The summed E-state index contributed by atoms with van der Waals surface area (Å²) >= 11 is 0. The number of ether oxygens (including phenoxy) is 2. The molecule has 0 bridgehead atoms. The summed E-state index contributed by atoms with van der Waals surface area (Å²) in [6.07, 6.45) is -0.0410. The highest BCUT2D eigenvalue weighted by Crippen LogP contribution is 2.32. The third kappa shape index (κ3) is 2.82. The molecular weight excluding hydrogens is 258 g/mol. The molecule has 0 aliphatic carbocycles. The standard InChI is InChI=1S/C15H19NO4/c1-10(20-11(2)17)15(18)16-13(9-19-3)8-12-6-4-5-7-14(12)16/h4-7,10,13H,8-9H2,1-3H3/t10-,13-/m0/s1. The molecule has 108 valence electrons. The molecule has 2 rings (SSSR count). The molecule has 5 nitrogen and oxygen atoms in total. The van der Waals surface area contributed by atoms with Crippen LogP contribution < -0.4 is 4.90 Å². The van der Waals surface area contributed by atoms with Gasteiger partial charge in [-0.2, -0.15) is 0 Å². The molecule has 0 saturated carbocycles. The number of anilines is 1. The Hall–Kier alpha value is -1.88. The molecule has 1 aromatic rings. The van der Waals surface area contributed by atoms with Gasteiger partial charge in [-0.3, -0.25) is 9.59 Å². The number of amides is 1. The van der Waals surface area contributed by atoms with Crippen LogP contribution in [0.25, 0.3) is 0 Å². The highest BCUT2D eigenvalue weighted by Gasteiger charge is 2.36. The van der Waals surface area contributed by atoms with Crippen LogP contribution in [0.3, 0.4) is 0 Å². The van der Waals surface area contributed by atoms with E-state index in [0.29, 0.717) is 6.61 Å². The first-order valence-corrected chi connectivity index (χ1v) is 6.61. The van der Waals surface area contributed by atoms with E-state index in [0.717, 1.165) is 17.7 Å². The summed E-state index contributed by atoms with van der Waals surface area (Å²) in [6.45, 7) is 3.34. The number of nitrogens with zero attached hydrogens (tertiary/aromatic N) is 1. The van der Waals surface area contributed by atoms with Crippen molar-refractivity contribution in [1.29, 1.82) is 0 Å². The van der Waals surface area contributed by atoms with Crippen molar-refractivity contribution in [2.45, 2.75) is 32.4 Å². The molecule has 0 N–H and O–H groups in total. The Morgan fingerprint density at radius 3 is 2.75 bits per heavy atom. The number of methoxy groups -OCH3 is 1.